The largest absolute Gasteiger partial charge is 0.343 e. The van der Waals surface area contributed by atoms with E-state index in [0.29, 0.717) is 30.3 Å². The lowest BCUT2D eigenvalue weighted by molar-refractivity contribution is -0.132. The number of piperidine rings is 1. The van der Waals surface area contributed by atoms with Crippen molar-refractivity contribution in [2.45, 2.75) is 64.5 Å². The van der Waals surface area contributed by atoms with Gasteiger partial charge in [-0.3, -0.25) is 9.69 Å². The lowest BCUT2D eigenvalue weighted by Gasteiger charge is -2.37. The van der Waals surface area contributed by atoms with E-state index in [2.05, 4.69) is 58.3 Å². The molecular formula is C21H37N5O. The molecule has 2 saturated heterocycles. The fourth-order valence-electron chi connectivity index (χ4n) is 4.40. The Labute approximate surface area is 164 Å². The van der Waals surface area contributed by atoms with Crippen molar-refractivity contribution in [1.29, 1.82) is 0 Å². The van der Waals surface area contributed by atoms with Crippen molar-refractivity contribution in [2.75, 3.05) is 46.3 Å². The van der Waals surface area contributed by atoms with Crippen LogP contribution < -0.4 is 0 Å². The molecule has 1 atom stereocenters. The van der Waals surface area contributed by atoms with E-state index in [-0.39, 0.29) is 0 Å². The van der Waals surface area contributed by atoms with E-state index in [4.69, 9.17) is 0 Å². The highest BCUT2D eigenvalue weighted by Gasteiger charge is 2.27. The molecule has 2 aliphatic heterocycles. The molecule has 152 valence electrons. The molecule has 3 rings (SSSR count). The number of imidazole rings is 1. The van der Waals surface area contributed by atoms with Crippen LogP contribution in [0.2, 0.25) is 0 Å². The first-order chi connectivity index (χ1) is 13.0. The topological polar surface area (TPSA) is 44.6 Å². The van der Waals surface area contributed by atoms with Crippen LogP contribution in [0.1, 0.15) is 64.2 Å². The summed E-state index contributed by atoms with van der Waals surface area (Å²) in [5.74, 6) is 2.01. The standard InChI is InChI=1S/C21H37N5O/c1-17(2)26-12-9-22-21(26)19-7-10-25(11-8-19)20(27)6-5-18(3)24-15-13-23(4)14-16-24/h9,12,17-19H,5-8,10-11,13-16H2,1-4H3/t18-/m0/s1. The van der Waals surface area contributed by atoms with Gasteiger partial charge in [0.05, 0.1) is 0 Å². The van der Waals surface area contributed by atoms with Gasteiger partial charge in [0.1, 0.15) is 5.82 Å². The Bertz CT molecular complexity index is 597. The lowest BCUT2D eigenvalue weighted by Crippen LogP contribution is -2.48. The Hall–Kier alpha value is -1.40. The SMILES string of the molecule is CC(C)n1ccnc1C1CCN(C(=O)CC[C@H](C)N2CCN(C)CC2)CC1. The number of amides is 1. The summed E-state index contributed by atoms with van der Waals surface area (Å²) in [6.45, 7) is 12.9. The van der Waals surface area contributed by atoms with Gasteiger partial charge in [-0.05, 0) is 47.1 Å². The van der Waals surface area contributed by atoms with E-state index in [1.807, 2.05) is 6.20 Å². The molecule has 6 heteroatoms. The van der Waals surface area contributed by atoms with Gasteiger partial charge in [-0.15, -0.1) is 0 Å². The van der Waals surface area contributed by atoms with Crippen LogP contribution in [-0.4, -0.2) is 82.5 Å². The monoisotopic (exact) mass is 375 g/mol. The summed E-state index contributed by atoms with van der Waals surface area (Å²) in [5, 5.41) is 0. The smallest absolute Gasteiger partial charge is 0.222 e. The molecule has 2 fully saturated rings. The fraction of sp³-hybridized carbons (Fsp3) is 0.810. The van der Waals surface area contributed by atoms with E-state index < -0.39 is 0 Å². The first-order valence-electron chi connectivity index (χ1n) is 10.7. The first kappa shape index (κ1) is 20.3. The predicted octanol–water partition coefficient (Wildman–Crippen LogP) is 2.59. The van der Waals surface area contributed by atoms with Gasteiger partial charge in [0.15, 0.2) is 0 Å². The Balaban J connectivity index is 1.42. The van der Waals surface area contributed by atoms with Crippen LogP contribution in [0.3, 0.4) is 0 Å². The third-order valence-electron chi connectivity index (χ3n) is 6.40. The maximum atomic E-state index is 12.7. The van der Waals surface area contributed by atoms with E-state index in [1.54, 1.807) is 0 Å². The van der Waals surface area contributed by atoms with Crippen molar-refractivity contribution in [3.8, 4) is 0 Å². The summed E-state index contributed by atoms with van der Waals surface area (Å²) < 4.78 is 2.28. The van der Waals surface area contributed by atoms with Crippen LogP contribution in [0, 0.1) is 0 Å². The number of hydrogen-bond donors (Lipinski definition) is 0. The van der Waals surface area contributed by atoms with E-state index in [9.17, 15) is 4.79 Å². The predicted molar refractivity (Wildman–Crippen MR) is 109 cm³/mol. The van der Waals surface area contributed by atoms with Crippen LogP contribution in [0.5, 0.6) is 0 Å². The van der Waals surface area contributed by atoms with Crippen LogP contribution in [-0.2, 0) is 4.79 Å². The quantitative estimate of drug-likeness (QED) is 0.767. The van der Waals surface area contributed by atoms with Crippen molar-refractivity contribution in [3.05, 3.63) is 18.2 Å². The zero-order valence-electron chi connectivity index (χ0n) is 17.6. The second kappa shape index (κ2) is 9.20. The molecule has 1 aromatic rings. The van der Waals surface area contributed by atoms with Gasteiger partial charge in [0, 0.05) is 76.1 Å². The Morgan fingerprint density at radius 2 is 1.78 bits per heavy atom. The molecule has 0 aromatic carbocycles. The van der Waals surface area contributed by atoms with E-state index in [0.717, 1.165) is 58.5 Å². The number of nitrogens with zero attached hydrogens (tertiary/aromatic N) is 5. The minimum Gasteiger partial charge on any atom is -0.343 e. The first-order valence-corrected chi connectivity index (χ1v) is 10.7. The normalized spacial score (nSPS) is 21.7. The number of aromatic nitrogens is 2. The van der Waals surface area contributed by atoms with Gasteiger partial charge < -0.3 is 14.4 Å². The molecule has 1 amide bonds. The third kappa shape index (κ3) is 5.11. The van der Waals surface area contributed by atoms with Gasteiger partial charge in [0.2, 0.25) is 5.91 Å². The van der Waals surface area contributed by atoms with Crippen molar-refractivity contribution >= 4 is 5.91 Å². The fourth-order valence-corrected chi connectivity index (χ4v) is 4.40. The summed E-state index contributed by atoms with van der Waals surface area (Å²) in [7, 11) is 2.18. The molecule has 2 aliphatic rings. The van der Waals surface area contributed by atoms with Crippen LogP contribution >= 0.6 is 0 Å². The zero-order valence-corrected chi connectivity index (χ0v) is 17.6. The minimum atomic E-state index is 0.335. The highest BCUT2D eigenvalue weighted by molar-refractivity contribution is 5.76. The average molecular weight is 376 g/mol. The van der Waals surface area contributed by atoms with Gasteiger partial charge in [0.25, 0.3) is 0 Å². The van der Waals surface area contributed by atoms with E-state index >= 15 is 0 Å². The van der Waals surface area contributed by atoms with Crippen LogP contribution in [0.4, 0.5) is 0 Å². The van der Waals surface area contributed by atoms with Gasteiger partial charge in [-0.25, -0.2) is 4.98 Å². The molecule has 1 aromatic heterocycles. The number of piperazine rings is 1. The van der Waals surface area contributed by atoms with Gasteiger partial charge in [-0.1, -0.05) is 0 Å². The van der Waals surface area contributed by atoms with E-state index in [1.165, 1.54) is 5.82 Å². The zero-order chi connectivity index (χ0) is 19.4. The van der Waals surface area contributed by atoms with Gasteiger partial charge in [-0.2, -0.15) is 0 Å². The number of likely N-dealkylation sites (tertiary alicyclic amines) is 1. The average Bonchev–Trinajstić information content (AvgIpc) is 3.17. The van der Waals surface area contributed by atoms with Crippen molar-refractivity contribution < 1.29 is 4.79 Å². The second-order valence-corrected chi connectivity index (χ2v) is 8.67. The van der Waals surface area contributed by atoms with Crippen LogP contribution in [0.15, 0.2) is 12.4 Å². The number of rotatable bonds is 6. The highest BCUT2D eigenvalue weighted by atomic mass is 16.2. The van der Waals surface area contributed by atoms with Gasteiger partial charge >= 0.3 is 0 Å². The molecule has 27 heavy (non-hydrogen) atoms. The summed E-state index contributed by atoms with van der Waals surface area (Å²) in [6.07, 6.45) is 7.70. The third-order valence-corrected chi connectivity index (χ3v) is 6.40. The number of hydrogen-bond acceptors (Lipinski definition) is 4. The molecule has 0 N–H and O–H groups in total. The molecule has 0 radical (unpaired) electrons. The maximum absolute atomic E-state index is 12.7. The lowest BCUT2D eigenvalue weighted by atomic mass is 9.95. The minimum absolute atomic E-state index is 0.335. The second-order valence-electron chi connectivity index (χ2n) is 8.67. The Morgan fingerprint density at radius 1 is 1.11 bits per heavy atom. The summed E-state index contributed by atoms with van der Waals surface area (Å²) in [4.78, 5) is 24.3. The molecule has 0 bridgehead atoms. The number of carbonyl (C=O) groups is 1. The maximum Gasteiger partial charge on any atom is 0.222 e. The summed E-state index contributed by atoms with van der Waals surface area (Å²) in [5.41, 5.74) is 0. The molecule has 0 spiro atoms. The number of carbonyl (C=O) groups excluding carboxylic acids is 1. The molecule has 0 saturated carbocycles. The molecular weight excluding hydrogens is 338 g/mol. The van der Waals surface area contributed by atoms with Crippen molar-refractivity contribution in [3.63, 3.8) is 0 Å². The summed E-state index contributed by atoms with van der Waals surface area (Å²) in [6, 6.07) is 0.942. The molecule has 3 heterocycles. The van der Waals surface area contributed by atoms with Crippen molar-refractivity contribution in [2.24, 2.45) is 0 Å². The number of likely N-dealkylation sites (N-methyl/N-ethyl adjacent to an activating group) is 1. The van der Waals surface area contributed by atoms with Crippen LogP contribution in [0.25, 0.3) is 0 Å². The summed E-state index contributed by atoms with van der Waals surface area (Å²) >= 11 is 0. The molecule has 6 nitrogen and oxygen atoms in total. The Kier molecular flexibility index (Phi) is 6.93. The highest BCUT2D eigenvalue weighted by Crippen LogP contribution is 2.29. The molecule has 0 aliphatic carbocycles. The molecule has 0 unspecified atom stereocenters. The van der Waals surface area contributed by atoms with Crippen molar-refractivity contribution in [1.82, 2.24) is 24.3 Å². The Morgan fingerprint density at radius 3 is 2.41 bits per heavy atom.